The highest BCUT2D eigenvalue weighted by Crippen LogP contribution is 2.19. The summed E-state index contributed by atoms with van der Waals surface area (Å²) in [6.07, 6.45) is 5.18. The Balaban J connectivity index is 2.39. The van der Waals surface area contributed by atoms with Crippen molar-refractivity contribution in [2.75, 3.05) is 19.6 Å². The van der Waals surface area contributed by atoms with Crippen molar-refractivity contribution in [3.63, 3.8) is 0 Å². The molecule has 1 rings (SSSR count). The molecule has 2 atom stereocenters. The Bertz CT molecular complexity index is 207. The van der Waals surface area contributed by atoms with Crippen LogP contribution in [0.1, 0.15) is 60.3 Å². The number of rotatable bonds is 3. The van der Waals surface area contributed by atoms with Crippen LogP contribution < -0.4 is 5.32 Å². The highest BCUT2D eigenvalue weighted by atomic mass is 15.1. The summed E-state index contributed by atoms with van der Waals surface area (Å²) in [6.45, 7) is 15.5. The van der Waals surface area contributed by atoms with Crippen LogP contribution in [0.3, 0.4) is 0 Å². The van der Waals surface area contributed by atoms with E-state index in [9.17, 15) is 0 Å². The third-order valence-electron chi connectivity index (χ3n) is 3.86. The Morgan fingerprint density at radius 1 is 1.18 bits per heavy atom. The van der Waals surface area contributed by atoms with Crippen molar-refractivity contribution in [3.05, 3.63) is 0 Å². The molecule has 0 aromatic heterocycles. The van der Waals surface area contributed by atoms with Crippen LogP contribution in [0.5, 0.6) is 0 Å². The largest absolute Gasteiger partial charge is 0.311 e. The van der Waals surface area contributed by atoms with Gasteiger partial charge in [0.2, 0.25) is 0 Å². The summed E-state index contributed by atoms with van der Waals surface area (Å²) < 4.78 is 0. The van der Waals surface area contributed by atoms with Crippen LogP contribution in [0.15, 0.2) is 0 Å². The van der Waals surface area contributed by atoms with Crippen LogP contribution in [-0.2, 0) is 0 Å². The first-order chi connectivity index (χ1) is 7.90. The first kappa shape index (κ1) is 15.0. The number of hydrogen-bond acceptors (Lipinski definition) is 2. The van der Waals surface area contributed by atoms with E-state index in [2.05, 4.69) is 44.8 Å². The van der Waals surface area contributed by atoms with Crippen molar-refractivity contribution in [2.45, 2.75) is 72.4 Å². The molecule has 2 nitrogen and oxygen atoms in total. The van der Waals surface area contributed by atoms with E-state index < -0.39 is 0 Å². The van der Waals surface area contributed by atoms with Gasteiger partial charge in [-0.15, -0.1) is 0 Å². The lowest BCUT2D eigenvalue weighted by Gasteiger charge is -2.33. The molecule has 1 aliphatic heterocycles. The molecule has 1 fully saturated rings. The Labute approximate surface area is 108 Å². The van der Waals surface area contributed by atoms with Gasteiger partial charge in [0.25, 0.3) is 0 Å². The van der Waals surface area contributed by atoms with Crippen LogP contribution in [0.4, 0.5) is 0 Å². The maximum atomic E-state index is 3.73. The lowest BCUT2D eigenvalue weighted by molar-refractivity contribution is 0.188. The van der Waals surface area contributed by atoms with Crippen LogP contribution in [0.25, 0.3) is 0 Å². The van der Waals surface area contributed by atoms with E-state index in [0.29, 0.717) is 11.5 Å². The molecule has 0 aliphatic carbocycles. The second-order valence-electron chi connectivity index (χ2n) is 6.90. The third kappa shape index (κ3) is 6.42. The minimum atomic E-state index is 0.469. The molecule has 2 unspecified atom stereocenters. The summed E-state index contributed by atoms with van der Waals surface area (Å²) in [5, 5.41) is 3.73. The first-order valence-corrected chi connectivity index (χ1v) is 7.39. The smallest absolute Gasteiger partial charge is 0.00790 e. The molecule has 1 saturated heterocycles. The minimum absolute atomic E-state index is 0.469. The SMILES string of the molecule is CCC1CCN(CCC(C)(C)C)CCC(C)N1. The van der Waals surface area contributed by atoms with Crippen LogP contribution in [0, 0.1) is 5.41 Å². The van der Waals surface area contributed by atoms with E-state index in [0.717, 1.165) is 6.04 Å². The Morgan fingerprint density at radius 2 is 1.82 bits per heavy atom. The van der Waals surface area contributed by atoms with Gasteiger partial charge in [-0.1, -0.05) is 27.7 Å². The predicted molar refractivity (Wildman–Crippen MR) is 76.4 cm³/mol. The second-order valence-corrected chi connectivity index (χ2v) is 6.90. The Morgan fingerprint density at radius 3 is 2.41 bits per heavy atom. The Kier molecular flexibility index (Phi) is 5.94. The van der Waals surface area contributed by atoms with Crippen LogP contribution >= 0.6 is 0 Å². The quantitative estimate of drug-likeness (QED) is 0.814. The summed E-state index contributed by atoms with van der Waals surface area (Å²) in [5.41, 5.74) is 0.469. The van der Waals surface area contributed by atoms with Gasteiger partial charge in [0, 0.05) is 12.1 Å². The summed E-state index contributed by atoms with van der Waals surface area (Å²) in [5.74, 6) is 0. The summed E-state index contributed by atoms with van der Waals surface area (Å²) in [4.78, 5) is 2.67. The van der Waals surface area contributed by atoms with Gasteiger partial charge in [0.15, 0.2) is 0 Å². The van der Waals surface area contributed by atoms with Gasteiger partial charge in [-0.25, -0.2) is 0 Å². The lowest BCUT2D eigenvalue weighted by atomic mass is 9.92. The average molecular weight is 240 g/mol. The van der Waals surface area contributed by atoms with Gasteiger partial charge in [-0.3, -0.25) is 0 Å². The molecule has 0 aromatic carbocycles. The van der Waals surface area contributed by atoms with Crippen molar-refractivity contribution in [2.24, 2.45) is 5.41 Å². The Hall–Kier alpha value is -0.0800. The highest BCUT2D eigenvalue weighted by Gasteiger charge is 2.19. The molecule has 2 heteroatoms. The predicted octanol–water partition coefficient (Wildman–Crippen LogP) is 3.28. The maximum absolute atomic E-state index is 3.73. The van der Waals surface area contributed by atoms with E-state index in [4.69, 9.17) is 0 Å². The zero-order valence-electron chi connectivity index (χ0n) is 12.6. The lowest BCUT2D eigenvalue weighted by Crippen LogP contribution is -2.44. The van der Waals surface area contributed by atoms with Crippen molar-refractivity contribution >= 4 is 0 Å². The minimum Gasteiger partial charge on any atom is -0.311 e. The zero-order valence-corrected chi connectivity index (χ0v) is 12.6. The summed E-state index contributed by atoms with van der Waals surface area (Å²) in [7, 11) is 0. The zero-order chi connectivity index (χ0) is 12.9. The van der Waals surface area contributed by atoms with Gasteiger partial charge in [-0.2, -0.15) is 0 Å². The van der Waals surface area contributed by atoms with E-state index in [1.165, 1.54) is 45.3 Å². The highest BCUT2D eigenvalue weighted by molar-refractivity contribution is 4.77. The van der Waals surface area contributed by atoms with Crippen molar-refractivity contribution in [3.8, 4) is 0 Å². The van der Waals surface area contributed by atoms with Crippen molar-refractivity contribution < 1.29 is 0 Å². The third-order valence-corrected chi connectivity index (χ3v) is 3.86. The standard InChI is InChI=1S/C15H32N2/c1-6-14-8-11-17(10-7-13(2)16-14)12-9-15(3,4)5/h13-14,16H,6-12H2,1-5H3. The molecule has 1 aliphatic rings. The van der Waals surface area contributed by atoms with Gasteiger partial charge in [0.1, 0.15) is 0 Å². The van der Waals surface area contributed by atoms with Crippen molar-refractivity contribution in [1.82, 2.24) is 10.2 Å². The fraction of sp³-hybridized carbons (Fsp3) is 1.00. The molecule has 0 spiro atoms. The average Bonchev–Trinajstić information content (AvgIpc) is 2.21. The molecule has 1 N–H and O–H groups in total. The second kappa shape index (κ2) is 6.75. The fourth-order valence-electron chi connectivity index (χ4n) is 2.43. The summed E-state index contributed by atoms with van der Waals surface area (Å²) in [6, 6.07) is 1.40. The molecular weight excluding hydrogens is 208 g/mol. The molecule has 17 heavy (non-hydrogen) atoms. The van der Waals surface area contributed by atoms with Crippen LogP contribution in [0.2, 0.25) is 0 Å². The number of nitrogens with one attached hydrogen (secondary N) is 1. The topological polar surface area (TPSA) is 15.3 Å². The molecule has 0 bridgehead atoms. The van der Waals surface area contributed by atoms with Gasteiger partial charge in [-0.05, 0) is 57.7 Å². The number of hydrogen-bond donors (Lipinski definition) is 1. The van der Waals surface area contributed by atoms with Crippen molar-refractivity contribution in [1.29, 1.82) is 0 Å². The van der Waals surface area contributed by atoms with E-state index in [-0.39, 0.29) is 0 Å². The molecular formula is C15H32N2. The molecule has 102 valence electrons. The van der Waals surface area contributed by atoms with Gasteiger partial charge < -0.3 is 10.2 Å². The first-order valence-electron chi connectivity index (χ1n) is 7.39. The van der Waals surface area contributed by atoms with E-state index >= 15 is 0 Å². The molecule has 0 amide bonds. The molecule has 1 heterocycles. The van der Waals surface area contributed by atoms with Gasteiger partial charge in [0.05, 0.1) is 0 Å². The maximum Gasteiger partial charge on any atom is 0.00790 e. The van der Waals surface area contributed by atoms with Crippen LogP contribution in [-0.4, -0.2) is 36.6 Å². The van der Waals surface area contributed by atoms with E-state index in [1.54, 1.807) is 0 Å². The van der Waals surface area contributed by atoms with Gasteiger partial charge >= 0.3 is 0 Å². The van der Waals surface area contributed by atoms with E-state index in [1.807, 2.05) is 0 Å². The monoisotopic (exact) mass is 240 g/mol. The molecule has 0 radical (unpaired) electrons. The normalized spacial score (nSPS) is 28.8. The summed E-state index contributed by atoms with van der Waals surface area (Å²) >= 11 is 0. The number of nitrogens with zero attached hydrogens (tertiary/aromatic N) is 1. The molecule has 0 saturated carbocycles. The fourth-order valence-corrected chi connectivity index (χ4v) is 2.43. The molecule has 0 aromatic rings.